The van der Waals surface area contributed by atoms with Gasteiger partial charge in [-0.25, -0.2) is 4.98 Å². The first kappa shape index (κ1) is 29.1. The van der Waals surface area contributed by atoms with E-state index in [0.29, 0.717) is 23.7 Å². The monoisotopic (exact) mass is 513 g/mol. The van der Waals surface area contributed by atoms with Gasteiger partial charge < -0.3 is 9.47 Å². The molecule has 0 saturated heterocycles. The third-order valence-corrected chi connectivity index (χ3v) is 6.69. The van der Waals surface area contributed by atoms with Crippen molar-refractivity contribution in [1.29, 1.82) is 0 Å². The molecule has 2 aromatic carbocycles. The number of hydrogen-bond acceptors (Lipinski definition) is 5. The Morgan fingerprint density at radius 2 is 0.895 bits per heavy atom. The zero-order valence-electron chi connectivity index (χ0n) is 24.7. The molecule has 0 spiro atoms. The summed E-state index contributed by atoms with van der Waals surface area (Å²) in [5.74, 6) is 3.00. The zero-order chi connectivity index (χ0) is 28.0. The fraction of sp³-hybridized carbons (Fsp3) is 0.424. The molecule has 1 heterocycles. The molecule has 0 radical (unpaired) electrons. The number of hydrogen-bond donors (Lipinski definition) is 0. The molecular weight excluding hydrogens is 470 g/mol. The lowest BCUT2D eigenvalue weighted by Crippen LogP contribution is -2.00. The molecule has 3 aromatic rings. The second-order valence-electron chi connectivity index (χ2n) is 10.9. The van der Waals surface area contributed by atoms with Crippen LogP contribution in [0.1, 0.15) is 113 Å². The van der Waals surface area contributed by atoms with Gasteiger partial charge in [0.2, 0.25) is 0 Å². The van der Waals surface area contributed by atoms with Crippen LogP contribution in [0.15, 0.2) is 52.4 Å². The molecule has 38 heavy (non-hydrogen) atoms. The fourth-order valence-electron chi connectivity index (χ4n) is 4.47. The number of nitrogens with zero attached hydrogens (tertiary/aromatic N) is 3. The van der Waals surface area contributed by atoms with Gasteiger partial charge in [0.1, 0.15) is 11.5 Å². The molecule has 0 unspecified atom stereocenters. The van der Waals surface area contributed by atoms with E-state index in [2.05, 4.69) is 79.7 Å². The lowest BCUT2D eigenvalue weighted by atomic mass is 9.92. The Balaban J connectivity index is 2.01. The maximum atomic E-state index is 5.57. The third-order valence-electron chi connectivity index (χ3n) is 6.69. The average Bonchev–Trinajstić information content (AvgIpc) is 2.89. The summed E-state index contributed by atoms with van der Waals surface area (Å²) in [5.41, 5.74) is 8.26. The normalized spacial score (nSPS) is 12.2. The number of benzene rings is 2. The molecule has 0 N–H and O–H groups in total. The predicted molar refractivity (Wildman–Crippen MR) is 161 cm³/mol. The van der Waals surface area contributed by atoms with E-state index in [0.717, 1.165) is 34.3 Å². The van der Waals surface area contributed by atoms with E-state index >= 15 is 0 Å². The first-order valence-corrected chi connectivity index (χ1v) is 13.5. The van der Waals surface area contributed by atoms with Crippen LogP contribution in [-0.4, -0.2) is 31.6 Å². The first-order chi connectivity index (χ1) is 18.0. The fourth-order valence-corrected chi connectivity index (χ4v) is 4.47. The standard InChI is InChI=1S/C33H43N3O2/c1-20(2)28-14-26(37-9)15-29(21(3)4)32(28)34-18-24-12-11-13-25(36-24)19-35-33-30(22(5)6)16-27(38-10)17-31(33)23(7)8/h11-23H,1-10H3. The van der Waals surface area contributed by atoms with Crippen LogP contribution in [-0.2, 0) is 0 Å². The third kappa shape index (κ3) is 6.89. The predicted octanol–water partition coefficient (Wildman–Crippen LogP) is 9.09. The van der Waals surface area contributed by atoms with Gasteiger partial charge in [-0.3, -0.25) is 9.98 Å². The number of aromatic nitrogens is 1. The summed E-state index contributed by atoms with van der Waals surface area (Å²) in [4.78, 5) is 14.7. The van der Waals surface area contributed by atoms with Crippen molar-refractivity contribution in [2.24, 2.45) is 9.98 Å². The van der Waals surface area contributed by atoms with Crippen LogP contribution in [0.4, 0.5) is 11.4 Å². The van der Waals surface area contributed by atoms with Gasteiger partial charge in [-0.15, -0.1) is 0 Å². The summed E-state index contributed by atoms with van der Waals surface area (Å²) >= 11 is 0. The van der Waals surface area contributed by atoms with Gasteiger partial charge in [0, 0.05) is 0 Å². The van der Waals surface area contributed by atoms with Crippen LogP contribution in [0.5, 0.6) is 11.5 Å². The number of methoxy groups -OCH3 is 2. The van der Waals surface area contributed by atoms with Gasteiger partial charge in [0.25, 0.3) is 0 Å². The van der Waals surface area contributed by atoms with Gasteiger partial charge in [-0.1, -0.05) is 61.5 Å². The molecule has 0 aliphatic heterocycles. The van der Waals surface area contributed by atoms with Crippen LogP contribution in [0.3, 0.4) is 0 Å². The van der Waals surface area contributed by atoms with Crippen molar-refractivity contribution in [3.05, 3.63) is 76.1 Å². The van der Waals surface area contributed by atoms with Crippen LogP contribution in [0, 0.1) is 0 Å². The average molecular weight is 514 g/mol. The summed E-state index contributed by atoms with van der Waals surface area (Å²) in [7, 11) is 3.42. The quantitative estimate of drug-likeness (QED) is 0.254. The molecule has 0 atom stereocenters. The molecule has 1 aromatic heterocycles. The van der Waals surface area contributed by atoms with Crippen LogP contribution >= 0.6 is 0 Å². The molecule has 3 rings (SSSR count). The second-order valence-corrected chi connectivity index (χ2v) is 10.9. The number of aliphatic imine (C=N–C) groups is 2. The van der Waals surface area contributed by atoms with Gasteiger partial charge >= 0.3 is 0 Å². The van der Waals surface area contributed by atoms with E-state index in [4.69, 9.17) is 24.4 Å². The Bertz CT molecular complexity index is 1150. The highest BCUT2D eigenvalue weighted by atomic mass is 16.5. The topological polar surface area (TPSA) is 56.1 Å². The molecule has 202 valence electrons. The Kier molecular flexibility index (Phi) is 9.84. The summed E-state index contributed by atoms with van der Waals surface area (Å²) in [6.45, 7) is 17.5. The zero-order valence-corrected chi connectivity index (χ0v) is 24.7. The first-order valence-electron chi connectivity index (χ1n) is 13.5. The van der Waals surface area contributed by atoms with E-state index in [1.54, 1.807) is 14.2 Å². The summed E-state index contributed by atoms with van der Waals surface area (Å²) in [6.07, 6.45) is 3.70. The highest BCUT2D eigenvalue weighted by molar-refractivity contribution is 5.85. The Morgan fingerprint density at radius 1 is 0.579 bits per heavy atom. The molecule has 0 saturated carbocycles. The van der Waals surface area contributed by atoms with Crippen molar-refractivity contribution in [1.82, 2.24) is 4.98 Å². The largest absolute Gasteiger partial charge is 0.497 e. The minimum atomic E-state index is 0.316. The smallest absolute Gasteiger partial charge is 0.119 e. The van der Waals surface area contributed by atoms with E-state index in [-0.39, 0.29) is 0 Å². The van der Waals surface area contributed by atoms with Gasteiger partial charge in [0.15, 0.2) is 0 Å². The van der Waals surface area contributed by atoms with Crippen LogP contribution in [0.2, 0.25) is 0 Å². The SMILES string of the molecule is COc1cc(C(C)C)c(N=Cc2cccc(C=Nc3c(C(C)C)cc(OC)cc3C(C)C)n2)c(C(C)C)c1. The van der Waals surface area contributed by atoms with Crippen LogP contribution < -0.4 is 9.47 Å². The molecule has 5 nitrogen and oxygen atoms in total. The Hall–Kier alpha value is -3.47. The summed E-state index contributed by atoms with van der Waals surface area (Å²) < 4.78 is 11.1. The van der Waals surface area contributed by atoms with Crippen molar-refractivity contribution in [2.75, 3.05) is 14.2 Å². The number of rotatable bonds is 10. The van der Waals surface area contributed by atoms with Gasteiger partial charge in [-0.05, 0) is 82.3 Å². The molecule has 5 heteroatoms. The van der Waals surface area contributed by atoms with Gasteiger partial charge in [-0.2, -0.15) is 0 Å². The van der Waals surface area contributed by atoms with Crippen molar-refractivity contribution in [3.63, 3.8) is 0 Å². The van der Waals surface area contributed by atoms with Crippen molar-refractivity contribution in [3.8, 4) is 11.5 Å². The van der Waals surface area contributed by atoms with E-state index in [1.807, 2.05) is 30.6 Å². The molecule has 0 fully saturated rings. The van der Waals surface area contributed by atoms with Crippen molar-refractivity contribution >= 4 is 23.8 Å². The second kappa shape index (κ2) is 12.9. The van der Waals surface area contributed by atoms with Crippen molar-refractivity contribution < 1.29 is 9.47 Å². The minimum Gasteiger partial charge on any atom is -0.497 e. The van der Waals surface area contributed by atoms with E-state index in [1.165, 1.54) is 22.3 Å². The highest BCUT2D eigenvalue weighted by Crippen LogP contribution is 2.39. The molecule has 0 aliphatic rings. The maximum Gasteiger partial charge on any atom is 0.119 e. The molecule has 0 bridgehead atoms. The number of pyridine rings is 1. The maximum absolute atomic E-state index is 5.57. The number of ether oxygens (including phenoxy) is 2. The molecule has 0 amide bonds. The lowest BCUT2D eigenvalue weighted by molar-refractivity contribution is 0.413. The Labute approximate surface area is 229 Å². The van der Waals surface area contributed by atoms with E-state index in [9.17, 15) is 0 Å². The van der Waals surface area contributed by atoms with Crippen LogP contribution in [0.25, 0.3) is 0 Å². The highest BCUT2D eigenvalue weighted by Gasteiger charge is 2.17. The minimum absolute atomic E-state index is 0.316. The van der Waals surface area contributed by atoms with Gasteiger partial charge in [0.05, 0.1) is 49.4 Å². The molecular formula is C33H43N3O2. The lowest BCUT2D eigenvalue weighted by Gasteiger charge is -2.18. The molecule has 0 aliphatic carbocycles. The summed E-state index contributed by atoms with van der Waals surface area (Å²) in [6, 6.07) is 14.3. The Morgan fingerprint density at radius 3 is 1.16 bits per heavy atom. The van der Waals surface area contributed by atoms with E-state index < -0.39 is 0 Å². The summed E-state index contributed by atoms with van der Waals surface area (Å²) in [5, 5.41) is 0. The van der Waals surface area contributed by atoms with Crippen molar-refractivity contribution in [2.45, 2.75) is 79.1 Å².